The molecule has 0 aliphatic carbocycles. The minimum absolute atomic E-state index is 0.0212. The highest BCUT2D eigenvalue weighted by Gasteiger charge is 2.48. The largest absolute Gasteiger partial charge is 0.479 e. The summed E-state index contributed by atoms with van der Waals surface area (Å²) in [7, 11) is 0. The Morgan fingerprint density at radius 1 is 1.35 bits per heavy atom. The second-order valence-corrected chi connectivity index (χ2v) is 7.69. The number of rotatable bonds is 4. The molecule has 1 aromatic rings. The van der Waals surface area contributed by atoms with Crippen molar-refractivity contribution >= 4 is 18.0 Å². The van der Waals surface area contributed by atoms with Crippen molar-refractivity contribution in [1.29, 1.82) is 0 Å². The summed E-state index contributed by atoms with van der Waals surface area (Å²) in [6, 6.07) is 0. The molecule has 0 bridgehead atoms. The lowest BCUT2D eigenvalue weighted by atomic mass is 9.99. The van der Waals surface area contributed by atoms with Crippen molar-refractivity contribution in [3.05, 3.63) is 11.6 Å². The number of amides is 2. The molecule has 2 heterocycles. The maximum Gasteiger partial charge on any atom is 0.408 e. The van der Waals surface area contributed by atoms with Crippen LogP contribution in [0, 0.1) is 0 Å². The highest BCUT2D eigenvalue weighted by Crippen LogP contribution is 2.24. The second kappa shape index (κ2) is 6.93. The van der Waals surface area contributed by atoms with Gasteiger partial charge in [0.05, 0.1) is 6.54 Å². The van der Waals surface area contributed by atoms with Gasteiger partial charge in [-0.15, -0.1) is 5.10 Å². The van der Waals surface area contributed by atoms with E-state index in [1.165, 1.54) is 4.90 Å². The molecule has 1 unspecified atom stereocenters. The van der Waals surface area contributed by atoms with Crippen LogP contribution in [-0.4, -0.2) is 67.4 Å². The van der Waals surface area contributed by atoms with Gasteiger partial charge in [-0.05, 0) is 20.8 Å². The van der Waals surface area contributed by atoms with Gasteiger partial charge in [0.25, 0.3) is 5.91 Å². The number of hydrogen-bond acceptors (Lipinski definition) is 6. The Morgan fingerprint density at radius 3 is 2.50 bits per heavy atom. The van der Waals surface area contributed by atoms with Gasteiger partial charge in [0.2, 0.25) is 5.82 Å². The molecule has 0 aromatic carbocycles. The molecule has 144 valence electrons. The molecule has 0 radical (unpaired) electrons. The fourth-order valence-electron chi connectivity index (χ4n) is 2.58. The van der Waals surface area contributed by atoms with E-state index in [1.807, 2.05) is 13.8 Å². The molecule has 1 aliphatic heterocycles. The van der Waals surface area contributed by atoms with Crippen LogP contribution in [0.15, 0.2) is 0 Å². The Kier molecular flexibility index (Phi) is 5.24. The van der Waals surface area contributed by atoms with E-state index in [0.717, 1.165) is 0 Å². The highest BCUT2D eigenvalue weighted by molar-refractivity contribution is 5.93. The molecule has 0 saturated carbocycles. The van der Waals surface area contributed by atoms with Crippen molar-refractivity contribution in [2.24, 2.45) is 0 Å². The minimum atomic E-state index is -1.60. The number of aromatic nitrogens is 3. The first-order valence-electron chi connectivity index (χ1n) is 8.40. The summed E-state index contributed by atoms with van der Waals surface area (Å²) in [5, 5.41) is 18.6. The number of aromatic amines is 1. The number of hydrogen-bond donors (Lipinski definition) is 3. The summed E-state index contributed by atoms with van der Waals surface area (Å²) in [5.74, 6) is -1.08. The van der Waals surface area contributed by atoms with E-state index in [1.54, 1.807) is 20.8 Å². The molecule has 10 nitrogen and oxygen atoms in total. The van der Waals surface area contributed by atoms with Crippen molar-refractivity contribution < 1.29 is 24.2 Å². The first-order valence-corrected chi connectivity index (χ1v) is 8.40. The van der Waals surface area contributed by atoms with Gasteiger partial charge in [0.1, 0.15) is 11.4 Å². The van der Waals surface area contributed by atoms with Gasteiger partial charge in [0.15, 0.2) is 5.54 Å². The standard InChI is InChI=1S/C16H25N5O5/c1-9(2)10-17-11(20-19-10)12(22)21-7-6-16(8-21,13(23)24)18-14(25)26-15(3,4)5/h9H,6-8H2,1-5H3,(H,18,25)(H,23,24)(H,17,19,20). The summed E-state index contributed by atoms with van der Waals surface area (Å²) in [4.78, 5) is 41.8. The number of aliphatic carboxylic acids is 1. The average Bonchev–Trinajstić information content (AvgIpc) is 3.11. The van der Waals surface area contributed by atoms with E-state index in [0.29, 0.717) is 5.82 Å². The van der Waals surface area contributed by atoms with Crippen molar-refractivity contribution in [3.8, 4) is 0 Å². The van der Waals surface area contributed by atoms with E-state index in [2.05, 4.69) is 20.5 Å². The lowest BCUT2D eigenvalue weighted by Crippen LogP contribution is -2.57. The zero-order chi connectivity index (χ0) is 19.7. The SMILES string of the molecule is CC(C)c1nc(C(=O)N2CCC(NC(=O)OC(C)(C)C)(C(=O)O)C2)n[nH]1. The third kappa shape index (κ3) is 4.30. The van der Waals surface area contributed by atoms with Gasteiger partial charge in [-0.1, -0.05) is 13.8 Å². The Hall–Kier alpha value is -2.65. The number of carboxylic acid groups (broad SMARTS) is 1. The number of ether oxygens (including phenoxy) is 1. The van der Waals surface area contributed by atoms with E-state index >= 15 is 0 Å². The van der Waals surface area contributed by atoms with Crippen LogP contribution >= 0.6 is 0 Å². The lowest BCUT2D eigenvalue weighted by Gasteiger charge is -2.28. The number of likely N-dealkylation sites (tertiary alicyclic amines) is 1. The Bertz CT molecular complexity index is 708. The number of carbonyl (C=O) groups excluding carboxylic acids is 2. The summed E-state index contributed by atoms with van der Waals surface area (Å²) in [6.07, 6.45) is -0.774. The summed E-state index contributed by atoms with van der Waals surface area (Å²) >= 11 is 0. The molecule has 1 aromatic heterocycles. The van der Waals surface area contributed by atoms with Gasteiger partial charge >= 0.3 is 12.1 Å². The molecule has 0 spiro atoms. The molecule has 26 heavy (non-hydrogen) atoms. The molecule has 2 amide bonds. The van der Waals surface area contributed by atoms with E-state index in [-0.39, 0.29) is 31.3 Å². The minimum Gasteiger partial charge on any atom is -0.479 e. The summed E-state index contributed by atoms with van der Waals surface area (Å²) < 4.78 is 5.14. The highest BCUT2D eigenvalue weighted by atomic mass is 16.6. The fourth-order valence-corrected chi connectivity index (χ4v) is 2.58. The zero-order valence-corrected chi connectivity index (χ0v) is 15.6. The smallest absolute Gasteiger partial charge is 0.408 e. The van der Waals surface area contributed by atoms with Crippen LogP contribution in [0.4, 0.5) is 4.79 Å². The van der Waals surface area contributed by atoms with Gasteiger partial charge in [-0.2, -0.15) is 0 Å². The Labute approximate surface area is 151 Å². The number of carbonyl (C=O) groups is 3. The average molecular weight is 367 g/mol. The van der Waals surface area contributed by atoms with Gasteiger partial charge in [-0.25, -0.2) is 14.6 Å². The monoisotopic (exact) mass is 367 g/mol. The molecule has 3 N–H and O–H groups in total. The summed E-state index contributed by atoms with van der Waals surface area (Å²) in [6.45, 7) is 8.83. The maximum atomic E-state index is 12.6. The van der Waals surface area contributed by atoms with Crippen LogP contribution in [0.3, 0.4) is 0 Å². The van der Waals surface area contributed by atoms with Crippen molar-refractivity contribution in [3.63, 3.8) is 0 Å². The van der Waals surface area contributed by atoms with E-state index in [4.69, 9.17) is 4.74 Å². The third-order valence-corrected chi connectivity index (χ3v) is 3.95. The molecule has 1 fully saturated rings. The Morgan fingerprint density at radius 2 is 2.00 bits per heavy atom. The van der Waals surface area contributed by atoms with Crippen molar-refractivity contribution in [2.75, 3.05) is 13.1 Å². The van der Waals surface area contributed by atoms with Gasteiger partial charge < -0.3 is 20.1 Å². The number of H-pyrrole nitrogens is 1. The molecule has 1 aliphatic rings. The number of nitrogens with one attached hydrogen (secondary N) is 2. The molecular weight excluding hydrogens is 342 g/mol. The summed E-state index contributed by atoms with van der Waals surface area (Å²) in [5.41, 5.74) is -2.36. The first-order chi connectivity index (χ1) is 11.9. The van der Waals surface area contributed by atoms with E-state index in [9.17, 15) is 19.5 Å². The zero-order valence-electron chi connectivity index (χ0n) is 15.6. The van der Waals surface area contributed by atoms with Crippen molar-refractivity contribution in [2.45, 2.75) is 58.1 Å². The van der Waals surface area contributed by atoms with Crippen LogP contribution in [0.25, 0.3) is 0 Å². The number of carboxylic acids is 1. The van der Waals surface area contributed by atoms with Crippen LogP contribution in [0.5, 0.6) is 0 Å². The number of alkyl carbamates (subject to hydrolysis) is 1. The predicted molar refractivity (Wildman–Crippen MR) is 90.7 cm³/mol. The predicted octanol–water partition coefficient (Wildman–Crippen LogP) is 1.12. The molecule has 10 heteroatoms. The van der Waals surface area contributed by atoms with Gasteiger partial charge in [0, 0.05) is 18.9 Å². The lowest BCUT2D eigenvalue weighted by molar-refractivity contribution is -0.144. The molecular formula is C16H25N5O5. The number of nitrogens with zero attached hydrogens (tertiary/aromatic N) is 3. The molecule has 1 saturated heterocycles. The van der Waals surface area contributed by atoms with Crippen LogP contribution in [-0.2, 0) is 9.53 Å². The third-order valence-electron chi connectivity index (χ3n) is 3.95. The quantitative estimate of drug-likeness (QED) is 0.725. The normalized spacial score (nSPS) is 20.3. The Balaban J connectivity index is 2.12. The van der Waals surface area contributed by atoms with Crippen LogP contribution in [0.1, 0.15) is 63.4 Å². The van der Waals surface area contributed by atoms with Crippen LogP contribution < -0.4 is 5.32 Å². The fraction of sp³-hybridized carbons (Fsp3) is 0.688. The second-order valence-electron chi connectivity index (χ2n) is 7.69. The molecule has 1 atom stereocenters. The van der Waals surface area contributed by atoms with Crippen molar-refractivity contribution in [1.82, 2.24) is 25.4 Å². The molecule has 2 rings (SSSR count). The van der Waals surface area contributed by atoms with Crippen LogP contribution in [0.2, 0.25) is 0 Å². The topological polar surface area (TPSA) is 138 Å². The van der Waals surface area contributed by atoms with Gasteiger partial charge in [-0.3, -0.25) is 9.89 Å². The maximum absolute atomic E-state index is 12.6. The first kappa shape index (κ1) is 19.7. The van der Waals surface area contributed by atoms with E-state index < -0.39 is 29.1 Å².